The van der Waals surface area contributed by atoms with Gasteiger partial charge in [0.1, 0.15) is 22.4 Å². The number of hydrogen-bond acceptors (Lipinski definition) is 3. The number of furan rings is 2. The molecule has 3 heterocycles. The van der Waals surface area contributed by atoms with Crippen LogP contribution in [0.25, 0.3) is 87.6 Å². The number of fused-ring (bicyclic) bond motifs is 13. The first-order valence-corrected chi connectivity index (χ1v) is 12.8. The van der Waals surface area contributed by atoms with Crippen LogP contribution in [0.5, 0.6) is 0 Å². The lowest BCUT2D eigenvalue weighted by Crippen LogP contribution is -1.89. The molecule has 0 aliphatic heterocycles. The second-order valence-electron chi connectivity index (χ2n) is 9.89. The van der Waals surface area contributed by atoms with Crippen LogP contribution in [0.1, 0.15) is 0 Å². The van der Waals surface area contributed by atoms with Crippen molar-refractivity contribution < 1.29 is 8.83 Å². The van der Waals surface area contributed by atoms with Crippen molar-refractivity contribution in [3.8, 4) is 11.3 Å². The van der Waals surface area contributed by atoms with Gasteiger partial charge in [-0.3, -0.25) is 0 Å². The standard InChI is InChI=1S/C35H19NO2/c1-2-9-22(10-3-1)34-35-31(24-12-6-7-13-26(24)38-35)32-25(36-34)17-14-21-16-19-28-33(29(21)32)30-23-11-5-4-8-20(23)15-18-27(30)37-28/h1-19H. The van der Waals surface area contributed by atoms with E-state index in [1.165, 1.54) is 10.8 Å². The molecule has 0 radical (unpaired) electrons. The average Bonchev–Trinajstić information content (AvgIpc) is 3.56. The van der Waals surface area contributed by atoms with E-state index in [1.807, 2.05) is 30.3 Å². The molecule has 0 fully saturated rings. The Morgan fingerprint density at radius 1 is 0.421 bits per heavy atom. The second kappa shape index (κ2) is 7.21. The number of aromatic nitrogens is 1. The maximum Gasteiger partial charge on any atom is 0.162 e. The van der Waals surface area contributed by atoms with Crippen molar-refractivity contribution in [2.75, 3.05) is 0 Å². The first-order chi connectivity index (χ1) is 18.8. The molecule has 0 saturated heterocycles. The SMILES string of the molecule is c1ccc(-c2nc3ccc4ccc5oc6ccc7ccccc7c6c5c4c3c3c2oc2ccccc23)cc1. The van der Waals surface area contributed by atoms with Crippen LogP contribution in [0.3, 0.4) is 0 Å². The molecule has 0 bridgehead atoms. The third kappa shape index (κ3) is 2.55. The Bertz CT molecular complexity index is 2390. The van der Waals surface area contributed by atoms with Crippen molar-refractivity contribution in [3.63, 3.8) is 0 Å². The lowest BCUT2D eigenvalue weighted by atomic mass is 9.94. The summed E-state index contributed by atoms with van der Waals surface area (Å²) in [4.78, 5) is 5.23. The summed E-state index contributed by atoms with van der Waals surface area (Å²) in [5.74, 6) is 0. The van der Waals surface area contributed by atoms with Gasteiger partial charge in [0.05, 0.1) is 5.52 Å². The summed E-state index contributed by atoms with van der Waals surface area (Å²) in [6.45, 7) is 0. The minimum absolute atomic E-state index is 0.812. The summed E-state index contributed by atoms with van der Waals surface area (Å²) in [6, 6.07) is 39.9. The maximum absolute atomic E-state index is 6.56. The summed E-state index contributed by atoms with van der Waals surface area (Å²) < 4.78 is 13.0. The van der Waals surface area contributed by atoms with E-state index in [-0.39, 0.29) is 0 Å². The van der Waals surface area contributed by atoms with Gasteiger partial charge in [0.15, 0.2) is 5.58 Å². The highest BCUT2D eigenvalue weighted by atomic mass is 16.3. The zero-order valence-electron chi connectivity index (χ0n) is 20.2. The van der Waals surface area contributed by atoms with E-state index in [2.05, 4.69) is 84.9 Å². The summed E-state index contributed by atoms with van der Waals surface area (Å²) in [7, 11) is 0. The summed E-state index contributed by atoms with van der Waals surface area (Å²) >= 11 is 0. The third-order valence-electron chi connectivity index (χ3n) is 7.83. The predicted octanol–water partition coefficient (Wildman–Crippen LogP) is 10.0. The molecule has 9 rings (SSSR count). The van der Waals surface area contributed by atoms with Crippen LogP contribution in [-0.4, -0.2) is 4.98 Å². The van der Waals surface area contributed by atoms with Crippen LogP contribution in [0.2, 0.25) is 0 Å². The molecule has 0 aliphatic carbocycles. The highest BCUT2D eigenvalue weighted by molar-refractivity contribution is 6.36. The number of benzene rings is 6. The number of rotatable bonds is 1. The normalized spacial score (nSPS) is 12.2. The van der Waals surface area contributed by atoms with Crippen molar-refractivity contribution in [2.45, 2.75) is 0 Å². The van der Waals surface area contributed by atoms with Gasteiger partial charge in [-0.1, -0.05) is 91.0 Å². The summed E-state index contributed by atoms with van der Waals surface area (Å²) in [5.41, 5.74) is 6.29. The van der Waals surface area contributed by atoms with Crippen LogP contribution < -0.4 is 0 Å². The second-order valence-corrected chi connectivity index (χ2v) is 9.89. The maximum atomic E-state index is 6.56. The van der Waals surface area contributed by atoms with E-state index < -0.39 is 0 Å². The molecule has 0 unspecified atom stereocenters. The van der Waals surface area contributed by atoms with Gasteiger partial charge in [-0.15, -0.1) is 0 Å². The zero-order chi connectivity index (χ0) is 24.8. The van der Waals surface area contributed by atoms with Gasteiger partial charge in [0.25, 0.3) is 0 Å². The molecule has 3 nitrogen and oxygen atoms in total. The minimum Gasteiger partial charge on any atom is -0.456 e. The van der Waals surface area contributed by atoms with Crippen LogP contribution in [0.4, 0.5) is 0 Å². The Labute approximate surface area is 216 Å². The molecule has 0 spiro atoms. The first-order valence-electron chi connectivity index (χ1n) is 12.8. The van der Waals surface area contributed by atoms with Gasteiger partial charge >= 0.3 is 0 Å². The fourth-order valence-electron chi connectivity index (χ4n) is 6.20. The Balaban J connectivity index is 1.60. The molecule has 0 N–H and O–H groups in total. The van der Waals surface area contributed by atoms with Crippen molar-refractivity contribution in [1.82, 2.24) is 4.98 Å². The van der Waals surface area contributed by atoms with Crippen molar-refractivity contribution >= 4 is 76.3 Å². The molecule has 9 aromatic rings. The first kappa shape index (κ1) is 20.0. The number of nitrogens with zero attached hydrogens (tertiary/aromatic N) is 1. The highest BCUT2D eigenvalue weighted by Gasteiger charge is 2.22. The molecule has 3 heteroatoms. The fourth-order valence-corrected chi connectivity index (χ4v) is 6.20. The lowest BCUT2D eigenvalue weighted by Gasteiger charge is -2.10. The Hall–Kier alpha value is -5.15. The number of hydrogen-bond donors (Lipinski definition) is 0. The van der Waals surface area contributed by atoms with Gasteiger partial charge < -0.3 is 8.83 Å². The van der Waals surface area contributed by atoms with Gasteiger partial charge in [0.2, 0.25) is 0 Å². The predicted molar refractivity (Wildman–Crippen MR) is 157 cm³/mol. The Morgan fingerprint density at radius 2 is 1.13 bits per heavy atom. The number of para-hydroxylation sites is 1. The third-order valence-corrected chi connectivity index (χ3v) is 7.83. The van der Waals surface area contributed by atoms with Gasteiger partial charge in [0, 0.05) is 37.9 Å². The highest BCUT2D eigenvalue weighted by Crippen LogP contribution is 2.46. The summed E-state index contributed by atoms with van der Waals surface area (Å²) in [6.07, 6.45) is 0. The van der Waals surface area contributed by atoms with Gasteiger partial charge in [-0.2, -0.15) is 0 Å². The summed E-state index contributed by atoms with van der Waals surface area (Å²) in [5, 5.41) is 10.2. The van der Waals surface area contributed by atoms with Crippen LogP contribution in [0.15, 0.2) is 124 Å². The van der Waals surface area contributed by atoms with E-state index in [4.69, 9.17) is 13.8 Å². The smallest absolute Gasteiger partial charge is 0.162 e. The Morgan fingerprint density at radius 3 is 2.03 bits per heavy atom. The minimum atomic E-state index is 0.812. The molecular weight excluding hydrogens is 466 g/mol. The van der Waals surface area contributed by atoms with E-state index in [0.717, 1.165) is 76.8 Å². The van der Waals surface area contributed by atoms with Crippen LogP contribution in [-0.2, 0) is 0 Å². The van der Waals surface area contributed by atoms with E-state index in [9.17, 15) is 0 Å². The molecule has 176 valence electrons. The molecule has 6 aromatic carbocycles. The van der Waals surface area contributed by atoms with E-state index in [1.54, 1.807) is 0 Å². The van der Waals surface area contributed by atoms with Crippen LogP contribution in [0, 0.1) is 0 Å². The zero-order valence-corrected chi connectivity index (χ0v) is 20.2. The molecule has 38 heavy (non-hydrogen) atoms. The molecule has 0 aliphatic rings. The Kier molecular flexibility index (Phi) is 3.79. The van der Waals surface area contributed by atoms with Crippen LogP contribution >= 0.6 is 0 Å². The van der Waals surface area contributed by atoms with E-state index >= 15 is 0 Å². The van der Waals surface area contributed by atoms with Crippen molar-refractivity contribution in [3.05, 3.63) is 115 Å². The molecule has 0 saturated carbocycles. The molecular formula is C35H19NO2. The van der Waals surface area contributed by atoms with E-state index in [0.29, 0.717) is 0 Å². The average molecular weight is 486 g/mol. The quantitative estimate of drug-likeness (QED) is 0.217. The molecule has 0 amide bonds. The number of pyridine rings is 1. The lowest BCUT2D eigenvalue weighted by molar-refractivity contribution is 0.668. The fraction of sp³-hybridized carbons (Fsp3) is 0. The molecule has 0 atom stereocenters. The van der Waals surface area contributed by atoms with Crippen molar-refractivity contribution in [1.29, 1.82) is 0 Å². The van der Waals surface area contributed by atoms with Crippen molar-refractivity contribution in [2.24, 2.45) is 0 Å². The molecule has 3 aromatic heterocycles. The van der Waals surface area contributed by atoms with Gasteiger partial charge in [-0.25, -0.2) is 4.98 Å². The van der Waals surface area contributed by atoms with Gasteiger partial charge in [-0.05, 0) is 40.4 Å². The largest absolute Gasteiger partial charge is 0.456 e. The monoisotopic (exact) mass is 485 g/mol. The topological polar surface area (TPSA) is 39.2 Å².